The molecule has 3 heterocycles. The van der Waals surface area contributed by atoms with Crippen LogP contribution in [0.1, 0.15) is 65.2 Å². The second-order valence-electron chi connectivity index (χ2n) is 10.7. The summed E-state index contributed by atoms with van der Waals surface area (Å²) in [6.45, 7) is 17.4. The van der Waals surface area contributed by atoms with Gasteiger partial charge in [-0.1, -0.05) is 6.92 Å². The normalized spacial score (nSPS) is 36.2. The zero-order valence-corrected chi connectivity index (χ0v) is 19.9. The number of ether oxygens (including phenoxy) is 1. The number of nitrogens with one attached hydrogen (secondary N) is 1. The molecule has 0 radical (unpaired) electrons. The summed E-state index contributed by atoms with van der Waals surface area (Å²) in [5.74, 6) is 1.79. The molecule has 0 aromatic carbocycles. The lowest BCUT2D eigenvalue weighted by molar-refractivity contribution is -0.0509. The van der Waals surface area contributed by atoms with E-state index in [0.717, 1.165) is 31.0 Å². The van der Waals surface area contributed by atoms with E-state index in [1.165, 1.54) is 104 Å². The third kappa shape index (κ3) is 6.65. The van der Waals surface area contributed by atoms with Crippen molar-refractivity contribution in [2.75, 3.05) is 65.4 Å². The largest absolute Gasteiger partial charge is 0.375 e. The van der Waals surface area contributed by atoms with Gasteiger partial charge >= 0.3 is 0 Å². The van der Waals surface area contributed by atoms with Gasteiger partial charge in [0.1, 0.15) is 0 Å². The van der Waals surface area contributed by atoms with Crippen LogP contribution in [0.5, 0.6) is 0 Å². The van der Waals surface area contributed by atoms with Crippen LogP contribution in [-0.2, 0) is 4.74 Å². The van der Waals surface area contributed by atoms with Crippen LogP contribution in [0.3, 0.4) is 0 Å². The van der Waals surface area contributed by atoms with Gasteiger partial charge in [-0.05, 0) is 96.3 Å². The van der Waals surface area contributed by atoms with Crippen molar-refractivity contribution in [3.63, 3.8) is 0 Å². The summed E-state index contributed by atoms with van der Waals surface area (Å²) in [6, 6.07) is 0.718. The number of rotatable bonds is 7. The molecule has 0 bridgehead atoms. The maximum Gasteiger partial charge on any atom is 0.0603 e. The fourth-order valence-corrected chi connectivity index (χ4v) is 6.45. The summed E-state index contributed by atoms with van der Waals surface area (Å²) in [4.78, 5) is 8.23. The highest BCUT2D eigenvalue weighted by Gasteiger charge is 2.30. The molecule has 0 amide bonds. The quantitative estimate of drug-likeness (QED) is 0.684. The average Bonchev–Trinajstić information content (AvgIpc) is 2.78. The molecule has 0 aromatic rings. The summed E-state index contributed by atoms with van der Waals surface area (Å²) < 4.78 is 6.43. The van der Waals surface area contributed by atoms with Crippen LogP contribution in [0, 0.1) is 11.8 Å². The fourth-order valence-electron chi connectivity index (χ4n) is 6.45. The van der Waals surface area contributed by atoms with Crippen LogP contribution in [0.4, 0.5) is 0 Å². The van der Waals surface area contributed by atoms with E-state index < -0.39 is 0 Å². The second-order valence-corrected chi connectivity index (χ2v) is 10.7. The van der Waals surface area contributed by atoms with Crippen LogP contribution in [-0.4, -0.2) is 98.4 Å². The van der Waals surface area contributed by atoms with Gasteiger partial charge in [-0.25, -0.2) is 0 Å². The molecule has 1 saturated carbocycles. The molecular weight excluding hydrogens is 372 g/mol. The zero-order valence-electron chi connectivity index (χ0n) is 19.9. The van der Waals surface area contributed by atoms with Crippen molar-refractivity contribution in [1.29, 1.82) is 0 Å². The number of nitrogens with zero attached hydrogens (tertiary/aromatic N) is 3. The minimum absolute atomic E-state index is 0.523. The van der Waals surface area contributed by atoms with Crippen LogP contribution >= 0.6 is 0 Å². The van der Waals surface area contributed by atoms with Crippen LogP contribution in [0.15, 0.2) is 0 Å². The summed E-state index contributed by atoms with van der Waals surface area (Å²) in [5, 5.41) is 3.45. The van der Waals surface area contributed by atoms with Gasteiger partial charge in [0.05, 0.1) is 12.2 Å². The summed E-state index contributed by atoms with van der Waals surface area (Å²) in [6.07, 6.45) is 11.6. The van der Waals surface area contributed by atoms with Crippen molar-refractivity contribution >= 4 is 0 Å². The topological polar surface area (TPSA) is 31.0 Å². The molecule has 4 fully saturated rings. The van der Waals surface area contributed by atoms with Crippen molar-refractivity contribution in [3.8, 4) is 0 Å². The lowest BCUT2D eigenvalue weighted by Crippen LogP contribution is -2.55. The molecular formula is C25H48N4O. The van der Waals surface area contributed by atoms with Gasteiger partial charge in [0.25, 0.3) is 0 Å². The van der Waals surface area contributed by atoms with Crippen molar-refractivity contribution < 1.29 is 4.74 Å². The Kier molecular flexibility index (Phi) is 8.89. The number of likely N-dealkylation sites (tertiary alicyclic amines) is 1. The molecule has 2 atom stereocenters. The van der Waals surface area contributed by atoms with Crippen LogP contribution in [0.25, 0.3) is 0 Å². The molecule has 3 saturated heterocycles. The summed E-state index contributed by atoms with van der Waals surface area (Å²) >= 11 is 0. The van der Waals surface area contributed by atoms with Gasteiger partial charge < -0.3 is 19.9 Å². The molecule has 174 valence electrons. The average molecular weight is 421 g/mol. The third-order valence-corrected chi connectivity index (χ3v) is 8.37. The highest BCUT2D eigenvalue weighted by Crippen LogP contribution is 2.29. The van der Waals surface area contributed by atoms with Gasteiger partial charge in [0.2, 0.25) is 0 Å². The Balaban J connectivity index is 1.13. The smallest absolute Gasteiger partial charge is 0.0603 e. The molecule has 2 unspecified atom stereocenters. The van der Waals surface area contributed by atoms with E-state index >= 15 is 0 Å². The van der Waals surface area contributed by atoms with E-state index in [1.54, 1.807) is 0 Å². The zero-order chi connectivity index (χ0) is 20.8. The molecule has 1 N–H and O–H groups in total. The van der Waals surface area contributed by atoms with E-state index in [4.69, 9.17) is 4.74 Å². The highest BCUT2D eigenvalue weighted by molar-refractivity contribution is 4.85. The standard InChI is InChI=1S/C25H48N4O/c1-3-27-14-4-5-23(19-27)20-29-16-15-28(17-21(29)2)18-22-6-8-24(9-7-22)30-25-10-12-26-13-11-25/h21-26H,3-20H2,1-2H3. The van der Waals surface area contributed by atoms with E-state index in [2.05, 4.69) is 33.9 Å². The molecule has 5 nitrogen and oxygen atoms in total. The second kappa shape index (κ2) is 11.6. The predicted octanol–water partition coefficient (Wildman–Crippen LogP) is 3.05. The molecule has 1 aliphatic carbocycles. The van der Waals surface area contributed by atoms with Crippen molar-refractivity contribution in [1.82, 2.24) is 20.0 Å². The Labute approximate surface area is 185 Å². The molecule has 4 rings (SSSR count). The van der Waals surface area contributed by atoms with E-state index in [9.17, 15) is 0 Å². The van der Waals surface area contributed by atoms with Crippen molar-refractivity contribution in [2.45, 2.75) is 83.5 Å². The molecule has 0 aromatic heterocycles. The lowest BCUT2D eigenvalue weighted by atomic mass is 9.86. The highest BCUT2D eigenvalue weighted by atomic mass is 16.5. The molecule has 5 heteroatoms. The van der Waals surface area contributed by atoms with E-state index in [-0.39, 0.29) is 0 Å². The van der Waals surface area contributed by atoms with Gasteiger partial charge in [0.15, 0.2) is 0 Å². The van der Waals surface area contributed by atoms with Gasteiger partial charge in [-0.15, -0.1) is 0 Å². The van der Waals surface area contributed by atoms with Gasteiger partial charge in [0, 0.05) is 45.3 Å². The number of hydrogen-bond acceptors (Lipinski definition) is 5. The Morgan fingerprint density at radius 2 is 1.53 bits per heavy atom. The summed E-state index contributed by atoms with van der Waals surface area (Å²) in [5.41, 5.74) is 0. The predicted molar refractivity (Wildman–Crippen MR) is 125 cm³/mol. The van der Waals surface area contributed by atoms with Gasteiger partial charge in [-0.2, -0.15) is 0 Å². The summed E-state index contributed by atoms with van der Waals surface area (Å²) in [7, 11) is 0. The maximum absolute atomic E-state index is 6.43. The Bertz CT molecular complexity index is 490. The minimum Gasteiger partial charge on any atom is -0.375 e. The molecule has 0 spiro atoms. The van der Waals surface area contributed by atoms with Gasteiger partial charge in [-0.3, -0.25) is 4.90 Å². The number of piperazine rings is 1. The lowest BCUT2D eigenvalue weighted by Gasteiger charge is -2.44. The third-order valence-electron chi connectivity index (χ3n) is 8.37. The molecule has 30 heavy (non-hydrogen) atoms. The first-order valence-electron chi connectivity index (χ1n) is 13.2. The fraction of sp³-hybridized carbons (Fsp3) is 1.00. The molecule has 3 aliphatic heterocycles. The van der Waals surface area contributed by atoms with E-state index in [1.807, 2.05) is 0 Å². The first-order valence-corrected chi connectivity index (χ1v) is 13.2. The number of hydrogen-bond donors (Lipinski definition) is 1. The first kappa shape index (κ1) is 23.0. The Hall–Kier alpha value is -0.200. The number of piperidine rings is 2. The Morgan fingerprint density at radius 3 is 2.27 bits per heavy atom. The first-order chi connectivity index (χ1) is 14.7. The van der Waals surface area contributed by atoms with Crippen LogP contribution < -0.4 is 5.32 Å². The monoisotopic (exact) mass is 420 g/mol. The van der Waals surface area contributed by atoms with Crippen LogP contribution in [0.2, 0.25) is 0 Å². The van der Waals surface area contributed by atoms with Crippen molar-refractivity contribution in [2.24, 2.45) is 11.8 Å². The van der Waals surface area contributed by atoms with Crippen molar-refractivity contribution in [3.05, 3.63) is 0 Å². The Morgan fingerprint density at radius 1 is 0.767 bits per heavy atom. The SMILES string of the molecule is CCN1CCCC(CN2CCN(CC3CCC(OC4CCNCC4)CC3)CC2C)C1. The minimum atomic E-state index is 0.523. The maximum atomic E-state index is 6.43. The molecule has 4 aliphatic rings. The van der Waals surface area contributed by atoms with E-state index in [0.29, 0.717) is 12.2 Å².